The molecule has 1 N–H and O–H groups in total. The van der Waals surface area contributed by atoms with Crippen molar-refractivity contribution < 1.29 is 4.39 Å². The maximum Gasteiger partial charge on any atom is 0.123 e. The van der Waals surface area contributed by atoms with Crippen molar-refractivity contribution in [3.63, 3.8) is 0 Å². The van der Waals surface area contributed by atoms with Crippen molar-refractivity contribution in [1.29, 1.82) is 0 Å². The average molecular weight is 291 g/mol. The van der Waals surface area contributed by atoms with Gasteiger partial charge in [-0.3, -0.25) is 4.98 Å². The summed E-state index contributed by atoms with van der Waals surface area (Å²) < 4.78 is 13.4. The second kappa shape index (κ2) is 7.36. The molecular weight excluding hydrogens is 273 g/mol. The van der Waals surface area contributed by atoms with Crippen LogP contribution in [0.2, 0.25) is 0 Å². The highest BCUT2D eigenvalue weighted by molar-refractivity contribution is 7.99. The third-order valence-corrected chi connectivity index (χ3v) is 3.68. The summed E-state index contributed by atoms with van der Waals surface area (Å²) >= 11 is 1.50. The quantitative estimate of drug-likeness (QED) is 0.884. The molecule has 0 aliphatic heterocycles. The van der Waals surface area contributed by atoms with Gasteiger partial charge in [0.25, 0.3) is 0 Å². The lowest BCUT2D eigenvalue weighted by atomic mass is 10.2. The number of nitrogens with one attached hydrogen (secondary N) is 1. The first-order valence-corrected chi connectivity index (χ1v) is 7.40. The summed E-state index contributed by atoms with van der Waals surface area (Å²) in [4.78, 5) is 9.28. The number of hydrogen-bond donors (Lipinski definition) is 1. The summed E-state index contributed by atoms with van der Waals surface area (Å²) in [6.45, 7) is 5.85. The Hall–Kier alpha value is -1.46. The number of aromatic nitrogens is 2. The highest BCUT2D eigenvalue weighted by atomic mass is 32.2. The molecule has 0 unspecified atom stereocenters. The van der Waals surface area contributed by atoms with E-state index in [4.69, 9.17) is 0 Å². The highest BCUT2D eigenvalue weighted by Crippen LogP contribution is 2.29. The molecule has 20 heavy (non-hydrogen) atoms. The monoisotopic (exact) mass is 291 g/mol. The highest BCUT2D eigenvalue weighted by Gasteiger charge is 2.07. The Kier molecular flexibility index (Phi) is 5.49. The fourth-order valence-electron chi connectivity index (χ4n) is 1.73. The van der Waals surface area contributed by atoms with Crippen LogP contribution in [0.5, 0.6) is 0 Å². The van der Waals surface area contributed by atoms with Crippen molar-refractivity contribution in [3.05, 3.63) is 48.2 Å². The Bertz CT molecular complexity index is 546. The summed E-state index contributed by atoms with van der Waals surface area (Å²) in [5.74, 6) is 0.356. The first-order chi connectivity index (χ1) is 9.65. The topological polar surface area (TPSA) is 37.8 Å². The molecule has 1 heterocycles. The minimum atomic E-state index is -0.213. The summed E-state index contributed by atoms with van der Waals surface area (Å²) in [5.41, 5.74) is 0.946. The molecule has 0 saturated carbocycles. The summed E-state index contributed by atoms with van der Waals surface area (Å²) in [5, 5.41) is 4.15. The van der Waals surface area contributed by atoms with E-state index in [1.165, 1.54) is 17.8 Å². The van der Waals surface area contributed by atoms with Crippen molar-refractivity contribution in [1.82, 2.24) is 15.3 Å². The smallest absolute Gasteiger partial charge is 0.123 e. The minimum Gasteiger partial charge on any atom is -0.312 e. The third kappa shape index (κ3) is 4.58. The molecule has 0 radical (unpaired) electrons. The number of benzene rings is 1. The molecule has 0 spiro atoms. The lowest BCUT2D eigenvalue weighted by Crippen LogP contribution is -2.19. The number of nitrogens with zero attached hydrogens (tertiary/aromatic N) is 2. The predicted octanol–water partition coefficient (Wildman–Crippen LogP) is 3.51. The first-order valence-electron chi connectivity index (χ1n) is 6.58. The van der Waals surface area contributed by atoms with Gasteiger partial charge in [0.2, 0.25) is 0 Å². The SMILES string of the molecule is CC(C)CNCc1cc(F)ccc1Sc1cnccn1. The van der Waals surface area contributed by atoms with Crippen molar-refractivity contribution in [2.24, 2.45) is 5.92 Å². The van der Waals surface area contributed by atoms with Crippen molar-refractivity contribution >= 4 is 11.8 Å². The zero-order chi connectivity index (χ0) is 14.4. The Balaban J connectivity index is 2.11. The summed E-state index contributed by atoms with van der Waals surface area (Å²) in [6.07, 6.45) is 5.00. The van der Waals surface area contributed by atoms with E-state index in [2.05, 4.69) is 29.1 Å². The van der Waals surface area contributed by atoms with E-state index in [1.54, 1.807) is 30.7 Å². The molecule has 0 aliphatic carbocycles. The zero-order valence-corrected chi connectivity index (χ0v) is 12.5. The van der Waals surface area contributed by atoms with E-state index in [1.807, 2.05) is 0 Å². The zero-order valence-electron chi connectivity index (χ0n) is 11.6. The first kappa shape index (κ1) is 14.9. The van der Waals surface area contributed by atoms with Gasteiger partial charge in [-0.2, -0.15) is 0 Å². The van der Waals surface area contributed by atoms with E-state index in [0.717, 1.165) is 22.0 Å². The molecule has 5 heteroatoms. The molecule has 0 aliphatic rings. The number of halogens is 1. The van der Waals surface area contributed by atoms with Crippen LogP contribution in [0.25, 0.3) is 0 Å². The molecule has 0 fully saturated rings. The molecule has 1 aromatic carbocycles. The van der Waals surface area contributed by atoms with E-state index in [9.17, 15) is 4.39 Å². The Morgan fingerprint density at radius 3 is 2.85 bits per heavy atom. The van der Waals surface area contributed by atoms with Crippen LogP contribution in [0, 0.1) is 11.7 Å². The molecular formula is C15H18FN3S. The van der Waals surface area contributed by atoms with Crippen LogP contribution in [0.15, 0.2) is 46.7 Å². The molecule has 1 aromatic heterocycles. The minimum absolute atomic E-state index is 0.213. The maximum absolute atomic E-state index is 13.4. The molecule has 2 rings (SSSR count). The lowest BCUT2D eigenvalue weighted by molar-refractivity contribution is 0.547. The van der Waals surface area contributed by atoms with E-state index in [0.29, 0.717) is 12.5 Å². The lowest BCUT2D eigenvalue weighted by Gasteiger charge is -2.11. The van der Waals surface area contributed by atoms with Crippen molar-refractivity contribution in [2.75, 3.05) is 6.54 Å². The van der Waals surface area contributed by atoms with Crippen molar-refractivity contribution in [2.45, 2.75) is 30.3 Å². The second-order valence-electron chi connectivity index (χ2n) is 4.92. The maximum atomic E-state index is 13.4. The fraction of sp³-hybridized carbons (Fsp3) is 0.333. The van der Waals surface area contributed by atoms with Crippen LogP contribution < -0.4 is 5.32 Å². The van der Waals surface area contributed by atoms with Gasteiger partial charge in [0.1, 0.15) is 10.8 Å². The van der Waals surface area contributed by atoms with Crippen LogP contribution in [-0.4, -0.2) is 16.5 Å². The number of hydrogen-bond acceptors (Lipinski definition) is 4. The molecule has 0 amide bonds. The van der Waals surface area contributed by atoms with Gasteiger partial charge in [-0.05, 0) is 36.2 Å². The van der Waals surface area contributed by atoms with Crippen molar-refractivity contribution in [3.8, 4) is 0 Å². The Morgan fingerprint density at radius 1 is 1.30 bits per heavy atom. The average Bonchev–Trinajstić information content (AvgIpc) is 2.42. The largest absolute Gasteiger partial charge is 0.312 e. The van der Waals surface area contributed by atoms with Crippen LogP contribution in [-0.2, 0) is 6.54 Å². The molecule has 0 saturated heterocycles. The predicted molar refractivity (Wildman–Crippen MR) is 79.1 cm³/mol. The van der Waals surface area contributed by atoms with Crippen LogP contribution in [0.4, 0.5) is 4.39 Å². The second-order valence-corrected chi connectivity index (χ2v) is 5.98. The van der Waals surface area contributed by atoms with Gasteiger partial charge < -0.3 is 5.32 Å². The van der Waals surface area contributed by atoms with Crippen LogP contribution >= 0.6 is 11.8 Å². The molecule has 0 atom stereocenters. The fourth-order valence-corrected chi connectivity index (χ4v) is 2.58. The molecule has 106 valence electrons. The van der Waals surface area contributed by atoms with E-state index >= 15 is 0 Å². The van der Waals surface area contributed by atoms with Gasteiger partial charge in [0, 0.05) is 23.8 Å². The van der Waals surface area contributed by atoms with Gasteiger partial charge in [-0.25, -0.2) is 9.37 Å². The summed E-state index contributed by atoms with van der Waals surface area (Å²) in [7, 11) is 0. The van der Waals surface area contributed by atoms with E-state index < -0.39 is 0 Å². The number of rotatable bonds is 6. The molecule has 3 nitrogen and oxygen atoms in total. The molecule has 0 bridgehead atoms. The third-order valence-electron chi connectivity index (χ3n) is 2.64. The standard InChI is InChI=1S/C15H18FN3S/c1-11(2)8-18-9-12-7-13(16)3-4-14(12)20-15-10-17-5-6-19-15/h3-7,10-11,18H,8-9H2,1-2H3. The Labute approximate surface area is 123 Å². The van der Waals surface area contributed by atoms with E-state index in [-0.39, 0.29) is 5.82 Å². The van der Waals surface area contributed by atoms with Gasteiger partial charge in [-0.15, -0.1) is 0 Å². The summed E-state index contributed by atoms with van der Waals surface area (Å²) in [6, 6.07) is 4.84. The van der Waals surface area contributed by atoms with Crippen LogP contribution in [0.3, 0.4) is 0 Å². The Morgan fingerprint density at radius 2 is 2.15 bits per heavy atom. The van der Waals surface area contributed by atoms with Crippen LogP contribution in [0.1, 0.15) is 19.4 Å². The molecule has 2 aromatic rings. The van der Waals surface area contributed by atoms with Gasteiger partial charge in [-0.1, -0.05) is 25.6 Å². The van der Waals surface area contributed by atoms with Gasteiger partial charge in [0.05, 0.1) is 6.20 Å². The van der Waals surface area contributed by atoms with Gasteiger partial charge in [0.15, 0.2) is 0 Å². The van der Waals surface area contributed by atoms with Gasteiger partial charge >= 0.3 is 0 Å². The normalized spacial score (nSPS) is 11.0.